The zero-order valence-electron chi connectivity index (χ0n) is 12.5. The fourth-order valence-electron chi connectivity index (χ4n) is 2.79. The van der Waals surface area contributed by atoms with Crippen LogP contribution in [0.15, 0.2) is 59.5 Å². The maximum Gasteiger partial charge on any atom is 0.241 e. The van der Waals surface area contributed by atoms with E-state index >= 15 is 0 Å². The maximum absolute atomic E-state index is 12.8. The third-order valence-corrected chi connectivity index (χ3v) is 5.49. The summed E-state index contributed by atoms with van der Waals surface area (Å²) in [6.45, 7) is 1.01. The molecule has 1 N–H and O–H groups in total. The summed E-state index contributed by atoms with van der Waals surface area (Å²) < 4.78 is 28.3. The van der Waals surface area contributed by atoms with Gasteiger partial charge in [0, 0.05) is 24.7 Å². The quantitative estimate of drug-likeness (QED) is 0.874. The van der Waals surface area contributed by atoms with Crippen molar-refractivity contribution in [3.8, 4) is 17.3 Å². The molecule has 0 aliphatic carbocycles. The van der Waals surface area contributed by atoms with Crippen molar-refractivity contribution in [1.82, 2.24) is 9.62 Å². The van der Waals surface area contributed by atoms with E-state index in [2.05, 4.69) is 10.9 Å². The molecular formula is C17H17N3O2S. The minimum atomic E-state index is -3.64. The van der Waals surface area contributed by atoms with E-state index in [9.17, 15) is 8.42 Å². The number of hydrogen-bond donors (Lipinski definition) is 1. The summed E-state index contributed by atoms with van der Waals surface area (Å²) in [4.78, 5) is 1.83. The highest BCUT2D eigenvalue weighted by molar-refractivity contribution is 7.89. The minimum Gasteiger partial charge on any atom is -0.309 e. The Bertz CT molecular complexity index is 828. The van der Waals surface area contributed by atoms with Crippen LogP contribution in [0, 0.1) is 11.5 Å². The Balaban J connectivity index is 1.91. The molecule has 3 rings (SSSR count). The first kappa shape index (κ1) is 15.5. The summed E-state index contributed by atoms with van der Waals surface area (Å²) in [7, 11) is -3.64. The van der Waals surface area contributed by atoms with Gasteiger partial charge in [-0.2, -0.15) is 5.26 Å². The lowest BCUT2D eigenvalue weighted by Crippen LogP contribution is -2.36. The standard InChI is InChI=1S/C17H17N3O2S/c18-13-20-11-10-15(12-20)19-23(21,22)17-9-5-4-8-16(17)14-6-2-1-3-7-14/h1-9,15,19H,10-12H2. The molecule has 1 aliphatic heterocycles. The van der Waals surface area contributed by atoms with Crippen molar-refractivity contribution in [3.63, 3.8) is 0 Å². The third kappa shape index (κ3) is 3.36. The molecule has 1 heterocycles. The second kappa shape index (κ2) is 6.41. The molecule has 5 nitrogen and oxygen atoms in total. The summed E-state index contributed by atoms with van der Waals surface area (Å²) in [6.07, 6.45) is 2.69. The van der Waals surface area contributed by atoms with Gasteiger partial charge in [-0.25, -0.2) is 13.1 Å². The summed E-state index contributed by atoms with van der Waals surface area (Å²) in [6, 6.07) is 16.2. The molecule has 0 saturated carbocycles. The molecule has 0 spiro atoms. The van der Waals surface area contributed by atoms with Crippen LogP contribution in [0.3, 0.4) is 0 Å². The Hall–Kier alpha value is -2.36. The highest BCUT2D eigenvalue weighted by atomic mass is 32.2. The molecular weight excluding hydrogens is 310 g/mol. The predicted octanol–water partition coefficient (Wildman–Crippen LogP) is 2.19. The molecule has 0 amide bonds. The smallest absolute Gasteiger partial charge is 0.241 e. The van der Waals surface area contributed by atoms with Crippen molar-refractivity contribution in [2.24, 2.45) is 0 Å². The Kier molecular flexibility index (Phi) is 4.33. The van der Waals surface area contributed by atoms with Gasteiger partial charge in [0.2, 0.25) is 10.0 Å². The molecule has 23 heavy (non-hydrogen) atoms. The minimum absolute atomic E-state index is 0.233. The van der Waals surface area contributed by atoms with E-state index in [0.29, 0.717) is 25.1 Å². The van der Waals surface area contributed by atoms with Gasteiger partial charge in [0.15, 0.2) is 6.19 Å². The van der Waals surface area contributed by atoms with Crippen molar-refractivity contribution in [2.75, 3.05) is 13.1 Å². The Morgan fingerprint density at radius 1 is 1.09 bits per heavy atom. The molecule has 0 aromatic heterocycles. The zero-order valence-corrected chi connectivity index (χ0v) is 13.3. The summed E-state index contributed by atoms with van der Waals surface area (Å²) >= 11 is 0. The van der Waals surface area contributed by atoms with Gasteiger partial charge >= 0.3 is 0 Å². The van der Waals surface area contributed by atoms with E-state index < -0.39 is 10.0 Å². The van der Waals surface area contributed by atoms with E-state index in [4.69, 9.17) is 5.26 Å². The lowest BCUT2D eigenvalue weighted by molar-refractivity contribution is 0.470. The number of hydrogen-bond acceptors (Lipinski definition) is 4. The fourth-order valence-corrected chi connectivity index (χ4v) is 4.28. The van der Waals surface area contributed by atoms with Gasteiger partial charge in [-0.1, -0.05) is 48.5 Å². The van der Waals surface area contributed by atoms with Gasteiger partial charge in [-0.05, 0) is 18.1 Å². The van der Waals surface area contributed by atoms with Crippen LogP contribution in [0.1, 0.15) is 6.42 Å². The fraction of sp³-hybridized carbons (Fsp3) is 0.235. The number of likely N-dealkylation sites (tertiary alicyclic amines) is 1. The van der Waals surface area contributed by atoms with E-state index in [1.807, 2.05) is 36.4 Å². The maximum atomic E-state index is 12.8. The highest BCUT2D eigenvalue weighted by Gasteiger charge is 2.28. The zero-order chi connectivity index (χ0) is 16.3. The van der Waals surface area contributed by atoms with Crippen molar-refractivity contribution in [3.05, 3.63) is 54.6 Å². The molecule has 6 heteroatoms. The summed E-state index contributed by atoms with van der Waals surface area (Å²) in [5, 5.41) is 8.89. The molecule has 0 radical (unpaired) electrons. The van der Waals surface area contributed by atoms with Gasteiger partial charge in [0.1, 0.15) is 0 Å². The largest absolute Gasteiger partial charge is 0.309 e. The predicted molar refractivity (Wildman–Crippen MR) is 87.8 cm³/mol. The molecule has 2 aromatic carbocycles. The van der Waals surface area contributed by atoms with Gasteiger partial charge < -0.3 is 4.90 Å². The molecule has 2 aromatic rings. The van der Waals surface area contributed by atoms with Crippen LogP contribution in [0.4, 0.5) is 0 Å². The Morgan fingerprint density at radius 2 is 1.78 bits per heavy atom. The van der Waals surface area contributed by atoms with Crippen LogP contribution in [0.25, 0.3) is 11.1 Å². The molecule has 1 atom stereocenters. The van der Waals surface area contributed by atoms with Crippen molar-refractivity contribution in [2.45, 2.75) is 17.4 Å². The van der Waals surface area contributed by atoms with Gasteiger partial charge in [0.25, 0.3) is 0 Å². The topological polar surface area (TPSA) is 73.2 Å². The highest BCUT2D eigenvalue weighted by Crippen LogP contribution is 2.27. The first-order valence-corrected chi connectivity index (χ1v) is 8.90. The number of nitrogens with one attached hydrogen (secondary N) is 1. The molecule has 1 fully saturated rings. The van der Waals surface area contributed by atoms with Crippen LogP contribution in [0.5, 0.6) is 0 Å². The molecule has 1 aliphatic rings. The molecule has 1 saturated heterocycles. The SMILES string of the molecule is N#CN1CCC(NS(=O)(=O)c2ccccc2-c2ccccc2)C1. The van der Waals surface area contributed by atoms with Crippen LogP contribution in [-0.4, -0.2) is 32.4 Å². The monoisotopic (exact) mass is 327 g/mol. The Morgan fingerprint density at radius 3 is 2.48 bits per heavy atom. The average Bonchev–Trinajstić information content (AvgIpc) is 3.02. The van der Waals surface area contributed by atoms with Crippen LogP contribution in [0.2, 0.25) is 0 Å². The number of rotatable bonds is 4. The van der Waals surface area contributed by atoms with E-state index in [-0.39, 0.29) is 10.9 Å². The van der Waals surface area contributed by atoms with Crippen molar-refractivity contribution < 1.29 is 8.42 Å². The van der Waals surface area contributed by atoms with Crippen molar-refractivity contribution >= 4 is 10.0 Å². The first-order valence-electron chi connectivity index (χ1n) is 7.41. The second-order valence-corrected chi connectivity index (χ2v) is 7.20. The van der Waals surface area contributed by atoms with Gasteiger partial charge in [-0.15, -0.1) is 0 Å². The number of sulfonamides is 1. The van der Waals surface area contributed by atoms with Crippen molar-refractivity contribution in [1.29, 1.82) is 5.26 Å². The normalized spacial score (nSPS) is 17.9. The van der Waals surface area contributed by atoms with Gasteiger partial charge in [0.05, 0.1) is 4.90 Å². The van der Waals surface area contributed by atoms with E-state index in [1.54, 1.807) is 23.1 Å². The van der Waals surface area contributed by atoms with Gasteiger partial charge in [-0.3, -0.25) is 0 Å². The summed E-state index contributed by atoms with van der Waals surface area (Å²) in [5.74, 6) is 0. The molecule has 0 bridgehead atoms. The van der Waals surface area contributed by atoms with E-state index in [0.717, 1.165) is 5.56 Å². The molecule has 1 unspecified atom stereocenters. The number of nitrogens with zero attached hydrogens (tertiary/aromatic N) is 2. The summed E-state index contributed by atoms with van der Waals surface area (Å²) in [5.41, 5.74) is 1.54. The number of nitriles is 1. The van der Waals surface area contributed by atoms with Crippen LogP contribution >= 0.6 is 0 Å². The lowest BCUT2D eigenvalue weighted by Gasteiger charge is -2.15. The third-order valence-electron chi connectivity index (χ3n) is 3.91. The first-order chi connectivity index (χ1) is 11.1. The second-order valence-electron chi connectivity index (χ2n) is 5.52. The Labute approximate surface area is 136 Å². The average molecular weight is 327 g/mol. The van der Waals surface area contributed by atoms with Crippen LogP contribution < -0.4 is 4.72 Å². The lowest BCUT2D eigenvalue weighted by atomic mass is 10.1. The molecule has 118 valence electrons. The van der Waals surface area contributed by atoms with E-state index in [1.165, 1.54) is 0 Å². The number of benzene rings is 2. The van der Waals surface area contributed by atoms with Crippen LogP contribution in [-0.2, 0) is 10.0 Å².